The predicted molar refractivity (Wildman–Crippen MR) is 115 cm³/mol. The molecule has 8 heteroatoms. The van der Waals surface area contributed by atoms with Gasteiger partial charge in [0.1, 0.15) is 29.2 Å². The van der Waals surface area contributed by atoms with Crippen molar-refractivity contribution in [2.75, 3.05) is 11.9 Å². The van der Waals surface area contributed by atoms with Crippen molar-refractivity contribution >= 4 is 29.3 Å². The van der Waals surface area contributed by atoms with Gasteiger partial charge in [-0.1, -0.05) is 36.4 Å². The summed E-state index contributed by atoms with van der Waals surface area (Å²) in [5, 5.41) is 5.66. The molecule has 1 saturated heterocycles. The number of carbonyl (C=O) groups excluding carboxylic acids is 3. The maximum atomic E-state index is 12.9. The maximum Gasteiger partial charge on any atom is 0.325 e. The van der Waals surface area contributed by atoms with Crippen molar-refractivity contribution in [2.24, 2.45) is 5.92 Å². The number of pyridine rings is 1. The van der Waals surface area contributed by atoms with Crippen molar-refractivity contribution in [3.8, 4) is 11.3 Å². The molecule has 0 spiro atoms. The first-order valence-electron chi connectivity index (χ1n) is 10.4. The molecule has 0 bridgehead atoms. The molecule has 1 aromatic carbocycles. The van der Waals surface area contributed by atoms with Crippen molar-refractivity contribution in [1.29, 1.82) is 0 Å². The number of aryl methyl sites for hydroxylation is 1. The van der Waals surface area contributed by atoms with Gasteiger partial charge in [0.15, 0.2) is 0 Å². The number of benzene rings is 1. The molecule has 5 rings (SSSR count). The van der Waals surface area contributed by atoms with Crippen LogP contribution in [0.5, 0.6) is 0 Å². The van der Waals surface area contributed by atoms with Crippen LogP contribution in [0.1, 0.15) is 25.3 Å². The number of amides is 4. The van der Waals surface area contributed by atoms with E-state index in [-0.39, 0.29) is 18.4 Å². The predicted octanol–water partition coefficient (Wildman–Crippen LogP) is 2.97. The number of fused-ring (bicyclic) bond motifs is 1. The van der Waals surface area contributed by atoms with E-state index < -0.39 is 17.5 Å². The molecular weight excluding hydrogens is 394 g/mol. The van der Waals surface area contributed by atoms with Gasteiger partial charge >= 0.3 is 6.03 Å². The third-order valence-corrected chi connectivity index (χ3v) is 6.15. The number of urea groups is 1. The van der Waals surface area contributed by atoms with Gasteiger partial charge in [-0.25, -0.2) is 9.78 Å². The van der Waals surface area contributed by atoms with Crippen LogP contribution >= 0.6 is 0 Å². The van der Waals surface area contributed by atoms with E-state index in [0.29, 0.717) is 11.5 Å². The van der Waals surface area contributed by atoms with Crippen LogP contribution in [0.3, 0.4) is 0 Å². The quantitative estimate of drug-likeness (QED) is 0.624. The molecule has 31 heavy (non-hydrogen) atoms. The zero-order valence-corrected chi connectivity index (χ0v) is 17.4. The lowest BCUT2D eigenvalue weighted by Gasteiger charge is -2.20. The fourth-order valence-corrected chi connectivity index (χ4v) is 4.23. The fraction of sp³-hybridized carbons (Fsp3) is 0.304. The maximum absolute atomic E-state index is 12.9. The van der Waals surface area contributed by atoms with Gasteiger partial charge in [0.2, 0.25) is 5.91 Å². The molecule has 2 aliphatic rings. The summed E-state index contributed by atoms with van der Waals surface area (Å²) in [5.74, 6) is -0.146. The highest BCUT2D eigenvalue weighted by atomic mass is 16.2. The molecule has 2 N–H and O–H groups in total. The van der Waals surface area contributed by atoms with Crippen LogP contribution in [-0.2, 0) is 9.59 Å². The number of nitrogens with zero attached hydrogens (tertiary/aromatic N) is 3. The van der Waals surface area contributed by atoms with Crippen molar-refractivity contribution in [1.82, 2.24) is 19.6 Å². The molecule has 1 unspecified atom stereocenters. The highest BCUT2D eigenvalue weighted by molar-refractivity contribution is 6.10. The molecule has 3 heterocycles. The lowest BCUT2D eigenvalue weighted by molar-refractivity contribution is -0.134. The lowest BCUT2D eigenvalue weighted by atomic mass is 9.96. The molecule has 1 saturated carbocycles. The summed E-state index contributed by atoms with van der Waals surface area (Å²) < 4.78 is 1.82. The Hall–Kier alpha value is -3.68. The number of anilines is 1. The number of nitrogens with one attached hydrogen (secondary N) is 2. The number of imide groups is 1. The van der Waals surface area contributed by atoms with Gasteiger partial charge in [-0.05, 0) is 44.2 Å². The van der Waals surface area contributed by atoms with Gasteiger partial charge in [0.25, 0.3) is 5.91 Å². The second kappa shape index (κ2) is 6.94. The minimum Gasteiger partial charge on any atom is -0.323 e. The van der Waals surface area contributed by atoms with Gasteiger partial charge < -0.3 is 10.6 Å². The van der Waals surface area contributed by atoms with Crippen molar-refractivity contribution in [2.45, 2.75) is 32.2 Å². The summed E-state index contributed by atoms with van der Waals surface area (Å²) in [6.45, 7) is 3.35. The standard InChI is InChI=1S/C23H23N5O3/c1-14-7-6-12-27-19(14)25-18(15-8-4-3-5-9-15)20(27)24-17(29)13-28-21(30)23(2,16-10-11-16)26-22(28)31/h3-9,12,16H,10-11,13H2,1-2H3,(H,24,29)(H,26,31). The Balaban J connectivity index is 1.45. The SMILES string of the molecule is Cc1cccn2c(NC(=O)CN3C(=O)NC(C)(C4CC4)C3=O)c(-c3ccccc3)nc12. The second-order valence-electron chi connectivity index (χ2n) is 8.41. The minimum absolute atomic E-state index is 0.142. The number of imidazole rings is 1. The summed E-state index contributed by atoms with van der Waals surface area (Å²) in [6, 6.07) is 12.9. The Labute approximate surface area is 179 Å². The molecule has 2 aromatic heterocycles. The summed E-state index contributed by atoms with van der Waals surface area (Å²) in [7, 11) is 0. The monoisotopic (exact) mass is 417 g/mol. The molecule has 158 valence electrons. The van der Waals surface area contributed by atoms with Crippen LogP contribution in [0.4, 0.5) is 10.6 Å². The van der Waals surface area contributed by atoms with E-state index in [9.17, 15) is 14.4 Å². The third kappa shape index (κ3) is 3.15. The largest absolute Gasteiger partial charge is 0.325 e. The van der Waals surface area contributed by atoms with E-state index >= 15 is 0 Å². The second-order valence-corrected chi connectivity index (χ2v) is 8.41. The normalized spacial score (nSPS) is 20.9. The molecule has 1 aliphatic carbocycles. The van der Waals surface area contributed by atoms with Crippen LogP contribution in [-0.4, -0.2) is 44.2 Å². The highest BCUT2D eigenvalue weighted by Crippen LogP contribution is 2.42. The summed E-state index contributed by atoms with van der Waals surface area (Å²) >= 11 is 0. The van der Waals surface area contributed by atoms with Crippen LogP contribution in [0.25, 0.3) is 16.9 Å². The molecular formula is C23H23N5O3. The highest BCUT2D eigenvalue weighted by Gasteiger charge is 2.56. The topological polar surface area (TPSA) is 95.8 Å². The average molecular weight is 417 g/mol. The summed E-state index contributed by atoms with van der Waals surface area (Å²) in [5.41, 5.74) is 2.27. The fourth-order valence-electron chi connectivity index (χ4n) is 4.23. The first-order chi connectivity index (χ1) is 14.9. The van der Waals surface area contributed by atoms with E-state index in [1.165, 1.54) is 0 Å². The first kappa shape index (κ1) is 19.3. The molecule has 8 nitrogen and oxygen atoms in total. The van der Waals surface area contributed by atoms with E-state index in [2.05, 4.69) is 10.6 Å². The van der Waals surface area contributed by atoms with Crippen molar-refractivity contribution in [3.63, 3.8) is 0 Å². The summed E-state index contributed by atoms with van der Waals surface area (Å²) in [6.07, 6.45) is 3.64. The first-order valence-corrected chi connectivity index (χ1v) is 10.4. The van der Waals surface area contributed by atoms with Crippen LogP contribution < -0.4 is 10.6 Å². The van der Waals surface area contributed by atoms with Crippen molar-refractivity contribution < 1.29 is 14.4 Å². The Morgan fingerprint density at radius 2 is 1.94 bits per heavy atom. The number of aromatic nitrogens is 2. The minimum atomic E-state index is -0.910. The third-order valence-electron chi connectivity index (χ3n) is 6.15. The Bertz CT molecular complexity index is 1210. The zero-order valence-electron chi connectivity index (χ0n) is 17.4. The number of hydrogen-bond donors (Lipinski definition) is 2. The molecule has 0 radical (unpaired) electrons. The molecule has 2 fully saturated rings. The molecule has 1 aliphatic heterocycles. The average Bonchev–Trinajstić information content (AvgIpc) is 3.52. The molecule has 4 amide bonds. The van der Waals surface area contributed by atoms with E-state index in [4.69, 9.17) is 4.98 Å². The van der Waals surface area contributed by atoms with E-state index in [1.807, 2.05) is 60.0 Å². The van der Waals surface area contributed by atoms with Crippen LogP contribution in [0, 0.1) is 12.8 Å². The zero-order chi connectivity index (χ0) is 21.8. The van der Waals surface area contributed by atoms with Gasteiger partial charge in [0.05, 0.1) is 0 Å². The molecule has 3 aromatic rings. The summed E-state index contributed by atoms with van der Waals surface area (Å²) in [4.78, 5) is 43.9. The van der Waals surface area contributed by atoms with Crippen molar-refractivity contribution in [3.05, 3.63) is 54.2 Å². The Kier molecular flexibility index (Phi) is 4.32. The van der Waals surface area contributed by atoms with E-state index in [1.54, 1.807) is 6.92 Å². The van der Waals surface area contributed by atoms with E-state index in [0.717, 1.165) is 34.5 Å². The van der Waals surface area contributed by atoms with Gasteiger partial charge in [-0.3, -0.25) is 18.9 Å². The smallest absolute Gasteiger partial charge is 0.323 e. The van der Waals surface area contributed by atoms with Gasteiger partial charge in [-0.15, -0.1) is 0 Å². The number of carbonyl (C=O) groups is 3. The number of rotatable bonds is 5. The number of hydrogen-bond acceptors (Lipinski definition) is 4. The Morgan fingerprint density at radius 1 is 1.19 bits per heavy atom. The lowest BCUT2D eigenvalue weighted by Crippen LogP contribution is -2.46. The molecule has 1 atom stereocenters. The van der Waals surface area contributed by atoms with Crippen LogP contribution in [0.2, 0.25) is 0 Å². The van der Waals surface area contributed by atoms with Crippen LogP contribution in [0.15, 0.2) is 48.7 Å². The Morgan fingerprint density at radius 3 is 2.65 bits per heavy atom. The van der Waals surface area contributed by atoms with Gasteiger partial charge in [-0.2, -0.15) is 0 Å². The van der Waals surface area contributed by atoms with Gasteiger partial charge in [0, 0.05) is 11.8 Å².